The lowest BCUT2D eigenvalue weighted by Crippen LogP contribution is -2.53. The van der Waals surface area contributed by atoms with E-state index in [1.807, 2.05) is 11.8 Å². The number of nitrogens with zero attached hydrogens (tertiary/aromatic N) is 2. The van der Waals surface area contributed by atoms with Crippen LogP contribution >= 0.6 is 0 Å². The van der Waals surface area contributed by atoms with Crippen LogP contribution in [0.5, 0.6) is 0 Å². The van der Waals surface area contributed by atoms with Gasteiger partial charge in [-0.25, -0.2) is 0 Å². The number of hydrogen-bond donors (Lipinski definition) is 0. The molecule has 1 amide bonds. The number of ether oxygens (including phenoxy) is 2. The summed E-state index contributed by atoms with van der Waals surface area (Å²) in [5, 5.41) is 0. The molecule has 3 rings (SSSR count). The Kier molecular flexibility index (Phi) is 4.29. The van der Waals surface area contributed by atoms with Crippen LogP contribution in [0.25, 0.3) is 0 Å². The highest BCUT2D eigenvalue weighted by Crippen LogP contribution is 2.32. The Morgan fingerprint density at radius 3 is 2.20 bits per heavy atom. The summed E-state index contributed by atoms with van der Waals surface area (Å²) in [6, 6.07) is -0.00754. The molecule has 20 heavy (non-hydrogen) atoms. The minimum Gasteiger partial charge on any atom is -0.347 e. The van der Waals surface area contributed by atoms with Crippen LogP contribution in [0.2, 0.25) is 0 Å². The van der Waals surface area contributed by atoms with E-state index in [0.717, 1.165) is 51.9 Å². The van der Waals surface area contributed by atoms with E-state index in [0.29, 0.717) is 19.1 Å². The first-order chi connectivity index (χ1) is 9.70. The molecule has 0 N–H and O–H groups in total. The Morgan fingerprint density at radius 2 is 1.60 bits per heavy atom. The molecule has 0 aromatic rings. The molecule has 1 atom stereocenters. The molecule has 0 bridgehead atoms. The maximum Gasteiger partial charge on any atom is 0.239 e. The summed E-state index contributed by atoms with van der Waals surface area (Å²) >= 11 is 0. The van der Waals surface area contributed by atoms with Crippen LogP contribution in [0.4, 0.5) is 0 Å². The van der Waals surface area contributed by atoms with Gasteiger partial charge in [-0.15, -0.1) is 0 Å². The van der Waals surface area contributed by atoms with Crippen LogP contribution in [0.15, 0.2) is 0 Å². The van der Waals surface area contributed by atoms with E-state index in [1.165, 1.54) is 6.42 Å². The normalized spacial score (nSPS) is 28.8. The molecule has 1 spiro atoms. The van der Waals surface area contributed by atoms with Crippen molar-refractivity contribution in [2.45, 2.75) is 50.9 Å². The third-order valence-electron chi connectivity index (χ3n) is 4.95. The van der Waals surface area contributed by atoms with E-state index < -0.39 is 0 Å². The van der Waals surface area contributed by atoms with Crippen LogP contribution in [0, 0.1) is 0 Å². The highest BCUT2D eigenvalue weighted by molar-refractivity contribution is 5.81. The van der Waals surface area contributed by atoms with E-state index in [4.69, 9.17) is 9.47 Å². The third kappa shape index (κ3) is 2.85. The van der Waals surface area contributed by atoms with Gasteiger partial charge in [0.15, 0.2) is 5.79 Å². The Balaban J connectivity index is 1.52. The highest BCUT2D eigenvalue weighted by Gasteiger charge is 2.41. The van der Waals surface area contributed by atoms with Gasteiger partial charge in [0.05, 0.1) is 19.3 Å². The van der Waals surface area contributed by atoms with Gasteiger partial charge in [0, 0.05) is 39.0 Å². The van der Waals surface area contributed by atoms with Crippen molar-refractivity contribution in [1.29, 1.82) is 0 Å². The van der Waals surface area contributed by atoms with Crippen LogP contribution in [0.1, 0.15) is 39.0 Å². The first-order valence-corrected chi connectivity index (χ1v) is 8.01. The second kappa shape index (κ2) is 6.00. The zero-order valence-electron chi connectivity index (χ0n) is 12.5. The van der Waals surface area contributed by atoms with Gasteiger partial charge in [-0.3, -0.25) is 9.69 Å². The van der Waals surface area contributed by atoms with Crippen LogP contribution in [0.3, 0.4) is 0 Å². The smallest absolute Gasteiger partial charge is 0.239 e. The number of likely N-dealkylation sites (tertiary alicyclic amines) is 2. The van der Waals surface area contributed by atoms with E-state index >= 15 is 0 Å². The van der Waals surface area contributed by atoms with Crippen molar-refractivity contribution in [1.82, 2.24) is 9.80 Å². The van der Waals surface area contributed by atoms with Crippen molar-refractivity contribution in [3.05, 3.63) is 0 Å². The standard InChI is InChI=1S/C15H26N2O3/c1-13(14(18)17-7-3-2-4-8-17)16-9-5-15(6-10-16)19-11-12-20-15/h13H,2-12H2,1H3. The summed E-state index contributed by atoms with van der Waals surface area (Å²) in [5.74, 6) is -0.0429. The number of carbonyl (C=O) groups excluding carboxylic acids is 1. The Bertz CT molecular complexity index is 339. The van der Waals surface area contributed by atoms with Gasteiger partial charge in [-0.05, 0) is 26.2 Å². The second-order valence-electron chi connectivity index (χ2n) is 6.21. The van der Waals surface area contributed by atoms with E-state index in [1.54, 1.807) is 0 Å². The highest BCUT2D eigenvalue weighted by atomic mass is 16.7. The molecule has 0 aliphatic carbocycles. The predicted octanol–water partition coefficient (Wildman–Crippen LogP) is 1.23. The van der Waals surface area contributed by atoms with E-state index in [9.17, 15) is 4.79 Å². The molecule has 0 radical (unpaired) electrons. The maximum atomic E-state index is 12.5. The van der Waals surface area contributed by atoms with Gasteiger partial charge in [0.25, 0.3) is 0 Å². The molecular weight excluding hydrogens is 256 g/mol. The molecule has 1 unspecified atom stereocenters. The van der Waals surface area contributed by atoms with Gasteiger partial charge in [-0.1, -0.05) is 0 Å². The molecule has 3 saturated heterocycles. The largest absolute Gasteiger partial charge is 0.347 e. The topological polar surface area (TPSA) is 42.0 Å². The average Bonchev–Trinajstić information content (AvgIpc) is 2.96. The molecule has 3 heterocycles. The molecular formula is C15H26N2O3. The Morgan fingerprint density at radius 1 is 1.00 bits per heavy atom. The summed E-state index contributed by atoms with van der Waals surface area (Å²) in [4.78, 5) is 16.9. The van der Waals surface area contributed by atoms with Crippen molar-refractivity contribution in [3.63, 3.8) is 0 Å². The zero-order chi connectivity index (χ0) is 14.0. The van der Waals surface area contributed by atoms with Crippen LogP contribution < -0.4 is 0 Å². The minimum absolute atomic E-state index is 0.00754. The number of piperidine rings is 2. The molecule has 0 aromatic heterocycles. The molecule has 3 aliphatic rings. The fourth-order valence-electron chi connectivity index (χ4n) is 3.57. The van der Waals surface area contributed by atoms with Crippen LogP contribution in [-0.4, -0.2) is 66.9 Å². The number of rotatable bonds is 2. The SMILES string of the molecule is CC(C(=O)N1CCCCC1)N1CCC2(CC1)OCCO2. The quantitative estimate of drug-likeness (QED) is 0.764. The molecule has 5 nitrogen and oxygen atoms in total. The first kappa shape index (κ1) is 14.3. The fourth-order valence-corrected chi connectivity index (χ4v) is 3.57. The van der Waals surface area contributed by atoms with Crippen molar-refractivity contribution >= 4 is 5.91 Å². The predicted molar refractivity (Wildman–Crippen MR) is 75.3 cm³/mol. The summed E-state index contributed by atoms with van der Waals surface area (Å²) in [5.41, 5.74) is 0. The van der Waals surface area contributed by atoms with Gasteiger partial charge in [0.2, 0.25) is 5.91 Å². The van der Waals surface area contributed by atoms with Crippen molar-refractivity contribution in [2.24, 2.45) is 0 Å². The van der Waals surface area contributed by atoms with Crippen molar-refractivity contribution < 1.29 is 14.3 Å². The van der Waals surface area contributed by atoms with Crippen molar-refractivity contribution in [3.8, 4) is 0 Å². The van der Waals surface area contributed by atoms with Crippen molar-refractivity contribution in [2.75, 3.05) is 39.4 Å². The van der Waals surface area contributed by atoms with Gasteiger partial charge in [-0.2, -0.15) is 0 Å². The summed E-state index contributed by atoms with van der Waals surface area (Å²) in [7, 11) is 0. The number of hydrogen-bond acceptors (Lipinski definition) is 4. The molecule has 3 aliphatic heterocycles. The summed E-state index contributed by atoms with van der Waals surface area (Å²) < 4.78 is 11.5. The summed E-state index contributed by atoms with van der Waals surface area (Å²) in [6.45, 7) is 7.12. The first-order valence-electron chi connectivity index (χ1n) is 8.01. The molecule has 0 saturated carbocycles. The Hall–Kier alpha value is -0.650. The summed E-state index contributed by atoms with van der Waals surface area (Å²) in [6.07, 6.45) is 5.33. The maximum absolute atomic E-state index is 12.5. The molecule has 114 valence electrons. The number of carbonyl (C=O) groups is 1. The monoisotopic (exact) mass is 282 g/mol. The van der Waals surface area contributed by atoms with Gasteiger partial charge < -0.3 is 14.4 Å². The lowest BCUT2D eigenvalue weighted by Gasteiger charge is -2.41. The molecule has 5 heteroatoms. The number of amides is 1. The lowest BCUT2D eigenvalue weighted by atomic mass is 10.0. The average molecular weight is 282 g/mol. The minimum atomic E-state index is -0.343. The van der Waals surface area contributed by atoms with E-state index in [-0.39, 0.29) is 11.8 Å². The molecule has 0 aromatic carbocycles. The fraction of sp³-hybridized carbons (Fsp3) is 0.933. The van der Waals surface area contributed by atoms with E-state index in [2.05, 4.69) is 4.90 Å². The van der Waals surface area contributed by atoms with Gasteiger partial charge >= 0.3 is 0 Å². The Labute approximate surface area is 121 Å². The third-order valence-corrected chi connectivity index (χ3v) is 4.95. The van der Waals surface area contributed by atoms with Gasteiger partial charge in [0.1, 0.15) is 0 Å². The molecule has 3 fully saturated rings. The zero-order valence-corrected chi connectivity index (χ0v) is 12.5. The van der Waals surface area contributed by atoms with Crippen LogP contribution in [-0.2, 0) is 14.3 Å². The lowest BCUT2D eigenvalue weighted by molar-refractivity contribution is -0.189. The second-order valence-corrected chi connectivity index (χ2v) is 6.21.